The van der Waals surface area contributed by atoms with Gasteiger partial charge in [-0.15, -0.1) is 0 Å². The highest BCUT2D eigenvalue weighted by molar-refractivity contribution is 9.10. The van der Waals surface area contributed by atoms with Crippen LogP contribution in [0.1, 0.15) is 16.8 Å². The molecule has 1 fully saturated rings. The number of alkyl halides is 1. The van der Waals surface area contributed by atoms with Gasteiger partial charge in [0.2, 0.25) is 5.91 Å². The van der Waals surface area contributed by atoms with Gasteiger partial charge in [-0.05, 0) is 40.5 Å². The number of hydrogen-bond acceptors (Lipinski definition) is 3. The maximum Gasteiger partial charge on any atom is 0.259 e. The first-order valence-electron chi connectivity index (χ1n) is 7.12. The normalized spacial score (nSPS) is 18.8. The van der Waals surface area contributed by atoms with Gasteiger partial charge in [0.05, 0.1) is 11.5 Å². The number of aromatic nitrogens is 1. The lowest BCUT2D eigenvalue weighted by atomic mass is 10.2. The molecule has 1 aromatic carbocycles. The van der Waals surface area contributed by atoms with Gasteiger partial charge in [0.25, 0.3) is 5.91 Å². The molecule has 2 aromatic rings. The molecule has 24 heavy (non-hydrogen) atoms. The molecule has 1 aliphatic rings. The van der Waals surface area contributed by atoms with Gasteiger partial charge >= 0.3 is 0 Å². The third-order valence-electron chi connectivity index (χ3n) is 3.51. The molecular formula is C16H12BrF2N3O2. The number of pyridine rings is 1. The maximum atomic E-state index is 13.8. The molecule has 0 radical (unpaired) electrons. The van der Waals surface area contributed by atoms with E-state index in [-0.39, 0.29) is 17.8 Å². The lowest BCUT2D eigenvalue weighted by Gasteiger charge is -2.09. The second kappa shape index (κ2) is 6.64. The van der Waals surface area contributed by atoms with E-state index in [4.69, 9.17) is 0 Å². The van der Waals surface area contributed by atoms with Gasteiger partial charge in [-0.3, -0.25) is 9.59 Å². The zero-order valence-electron chi connectivity index (χ0n) is 12.2. The van der Waals surface area contributed by atoms with E-state index < -0.39 is 29.7 Å². The van der Waals surface area contributed by atoms with Crippen LogP contribution in [0.3, 0.4) is 0 Å². The Morgan fingerprint density at radius 1 is 1.25 bits per heavy atom. The Kier molecular flexibility index (Phi) is 4.57. The first-order chi connectivity index (χ1) is 11.5. The standard InChI is InChI=1S/C16H12BrF2N3O2/c17-10-2-1-3-11(18)14(10)16(24)21-8-4-5-20-13(6-8)22-15(23)9-7-12(9)19/h1-6,9,12H,7H2,(H2,20,21,22,23,24)/t9-,12-/m1/s1. The number of anilines is 2. The predicted octanol–water partition coefficient (Wildman–Crippen LogP) is 3.53. The Hall–Kier alpha value is -2.35. The summed E-state index contributed by atoms with van der Waals surface area (Å²) < 4.78 is 27.0. The smallest absolute Gasteiger partial charge is 0.259 e. The summed E-state index contributed by atoms with van der Waals surface area (Å²) in [4.78, 5) is 27.8. The Labute approximate surface area is 144 Å². The van der Waals surface area contributed by atoms with Crippen LogP contribution in [0.15, 0.2) is 41.0 Å². The highest BCUT2D eigenvalue weighted by Crippen LogP contribution is 2.34. The SMILES string of the molecule is O=C(Nc1ccnc(NC(=O)[C@@H]2C[C@H]2F)c1)c1c(F)cccc1Br. The minimum atomic E-state index is -1.11. The summed E-state index contributed by atoms with van der Waals surface area (Å²) in [6.45, 7) is 0. The minimum Gasteiger partial charge on any atom is -0.322 e. The van der Waals surface area contributed by atoms with Gasteiger partial charge in [0.15, 0.2) is 0 Å². The number of hydrogen-bond donors (Lipinski definition) is 2. The van der Waals surface area contributed by atoms with Crippen LogP contribution in [0.5, 0.6) is 0 Å². The summed E-state index contributed by atoms with van der Waals surface area (Å²) in [5.41, 5.74) is 0.200. The molecule has 0 aliphatic heterocycles. The summed E-state index contributed by atoms with van der Waals surface area (Å²) in [7, 11) is 0. The molecule has 1 saturated carbocycles. The van der Waals surface area contributed by atoms with Crippen molar-refractivity contribution in [2.24, 2.45) is 5.92 Å². The highest BCUT2D eigenvalue weighted by atomic mass is 79.9. The number of carbonyl (C=O) groups is 2. The van der Waals surface area contributed by atoms with E-state index in [0.717, 1.165) is 0 Å². The van der Waals surface area contributed by atoms with Crippen LogP contribution in [0.4, 0.5) is 20.3 Å². The molecule has 2 N–H and O–H groups in total. The van der Waals surface area contributed by atoms with Crippen LogP contribution in [0.25, 0.3) is 0 Å². The number of nitrogens with zero attached hydrogens (tertiary/aromatic N) is 1. The second-order valence-electron chi connectivity index (χ2n) is 5.33. The molecule has 1 heterocycles. The third-order valence-corrected chi connectivity index (χ3v) is 4.17. The van der Waals surface area contributed by atoms with Crippen LogP contribution in [0, 0.1) is 11.7 Å². The van der Waals surface area contributed by atoms with Gasteiger partial charge in [0.1, 0.15) is 17.8 Å². The molecule has 2 amide bonds. The van der Waals surface area contributed by atoms with Gasteiger partial charge in [-0.1, -0.05) is 6.07 Å². The van der Waals surface area contributed by atoms with Crippen molar-refractivity contribution in [3.8, 4) is 0 Å². The fourth-order valence-electron chi connectivity index (χ4n) is 2.14. The van der Waals surface area contributed by atoms with E-state index in [0.29, 0.717) is 10.2 Å². The minimum absolute atomic E-state index is 0.127. The fraction of sp³-hybridized carbons (Fsp3) is 0.188. The molecule has 3 rings (SSSR count). The lowest BCUT2D eigenvalue weighted by molar-refractivity contribution is -0.117. The average Bonchev–Trinajstić information content (AvgIpc) is 3.24. The number of rotatable bonds is 4. The van der Waals surface area contributed by atoms with Crippen LogP contribution in [-0.4, -0.2) is 23.0 Å². The largest absolute Gasteiger partial charge is 0.322 e. The highest BCUT2D eigenvalue weighted by Gasteiger charge is 2.43. The molecule has 5 nitrogen and oxygen atoms in total. The summed E-state index contributed by atoms with van der Waals surface area (Å²) in [5.74, 6) is -2.21. The van der Waals surface area contributed by atoms with Crippen LogP contribution in [-0.2, 0) is 4.79 Å². The van der Waals surface area contributed by atoms with Crippen molar-refractivity contribution >= 4 is 39.2 Å². The van der Waals surface area contributed by atoms with Crippen molar-refractivity contribution in [3.05, 3.63) is 52.4 Å². The van der Waals surface area contributed by atoms with Crippen LogP contribution in [0.2, 0.25) is 0 Å². The first kappa shape index (κ1) is 16.5. The van der Waals surface area contributed by atoms with Gasteiger partial charge < -0.3 is 10.6 Å². The van der Waals surface area contributed by atoms with E-state index in [9.17, 15) is 18.4 Å². The second-order valence-corrected chi connectivity index (χ2v) is 6.18. The van der Waals surface area contributed by atoms with Gasteiger partial charge in [-0.25, -0.2) is 13.8 Å². The first-order valence-corrected chi connectivity index (χ1v) is 7.91. The Bertz CT molecular complexity index is 795. The predicted molar refractivity (Wildman–Crippen MR) is 87.9 cm³/mol. The molecule has 1 aromatic heterocycles. The Balaban J connectivity index is 1.72. The molecule has 124 valence electrons. The van der Waals surface area contributed by atoms with Crippen molar-refractivity contribution in [1.29, 1.82) is 0 Å². The quantitative estimate of drug-likeness (QED) is 0.831. The summed E-state index contributed by atoms with van der Waals surface area (Å²) in [5, 5.41) is 5.02. The fourth-order valence-corrected chi connectivity index (χ4v) is 2.66. The zero-order chi connectivity index (χ0) is 17.3. The van der Waals surface area contributed by atoms with E-state index in [2.05, 4.69) is 31.5 Å². The van der Waals surface area contributed by atoms with Gasteiger partial charge in [0, 0.05) is 22.4 Å². The third kappa shape index (κ3) is 3.59. The molecular weight excluding hydrogens is 384 g/mol. The molecule has 0 spiro atoms. The van der Waals surface area contributed by atoms with E-state index >= 15 is 0 Å². The van der Waals surface area contributed by atoms with Crippen molar-refractivity contribution in [3.63, 3.8) is 0 Å². The van der Waals surface area contributed by atoms with E-state index in [1.807, 2.05) is 0 Å². The average molecular weight is 396 g/mol. The number of benzene rings is 1. The van der Waals surface area contributed by atoms with Crippen molar-refractivity contribution in [2.45, 2.75) is 12.6 Å². The van der Waals surface area contributed by atoms with Crippen LogP contribution >= 0.6 is 15.9 Å². The maximum absolute atomic E-state index is 13.8. The lowest BCUT2D eigenvalue weighted by Crippen LogP contribution is -2.17. The molecule has 0 saturated heterocycles. The van der Waals surface area contributed by atoms with Crippen molar-refractivity contribution in [1.82, 2.24) is 4.98 Å². The van der Waals surface area contributed by atoms with Gasteiger partial charge in [-0.2, -0.15) is 0 Å². The van der Waals surface area contributed by atoms with Crippen molar-refractivity contribution in [2.75, 3.05) is 10.6 Å². The molecule has 2 atom stereocenters. The number of carbonyl (C=O) groups excluding carboxylic acids is 2. The molecule has 0 unspecified atom stereocenters. The van der Waals surface area contributed by atoms with E-state index in [1.54, 1.807) is 6.07 Å². The Morgan fingerprint density at radius 2 is 2.00 bits per heavy atom. The molecule has 1 aliphatic carbocycles. The summed E-state index contributed by atoms with van der Waals surface area (Å²) in [6.07, 6.45) is 0.483. The summed E-state index contributed by atoms with van der Waals surface area (Å²) in [6, 6.07) is 7.13. The number of halogens is 3. The van der Waals surface area contributed by atoms with Crippen molar-refractivity contribution < 1.29 is 18.4 Å². The topological polar surface area (TPSA) is 71.1 Å². The number of nitrogens with one attached hydrogen (secondary N) is 2. The molecule has 0 bridgehead atoms. The Morgan fingerprint density at radius 3 is 2.67 bits per heavy atom. The zero-order valence-corrected chi connectivity index (χ0v) is 13.8. The number of amides is 2. The van der Waals surface area contributed by atoms with Crippen LogP contribution < -0.4 is 10.6 Å². The monoisotopic (exact) mass is 395 g/mol. The summed E-state index contributed by atoms with van der Waals surface area (Å²) >= 11 is 3.13. The molecule has 8 heteroatoms. The van der Waals surface area contributed by atoms with E-state index in [1.165, 1.54) is 30.5 Å².